The van der Waals surface area contributed by atoms with E-state index in [1.807, 2.05) is 0 Å². The largest absolute Gasteiger partial charge is 0.496 e. The van der Waals surface area contributed by atoms with Gasteiger partial charge in [0.15, 0.2) is 0 Å². The van der Waals surface area contributed by atoms with Crippen LogP contribution in [0.2, 0.25) is 0 Å². The molecule has 15 heavy (non-hydrogen) atoms. The van der Waals surface area contributed by atoms with E-state index in [1.54, 1.807) is 7.11 Å². The van der Waals surface area contributed by atoms with E-state index in [9.17, 15) is 0 Å². The van der Waals surface area contributed by atoms with E-state index in [2.05, 4.69) is 31.3 Å². The number of hydrogen-bond acceptors (Lipinski definition) is 2. The predicted octanol–water partition coefficient (Wildman–Crippen LogP) is 2.74. The lowest BCUT2D eigenvalue weighted by Crippen LogP contribution is -2.14. The second-order valence-electron chi connectivity index (χ2n) is 4.26. The van der Waals surface area contributed by atoms with Crippen molar-refractivity contribution in [2.75, 3.05) is 13.7 Å². The highest BCUT2D eigenvalue weighted by atomic mass is 16.5. The van der Waals surface area contributed by atoms with E-state index in [0.717, 1.165) is 12.3 Å². The SMILES string of the molecule is COc1ccc(C2CCCN2)c(C)c1C. The Morgan fingerprint density at radius 2 is 2.07 bits per heavy atom. The lowest BCUT2D eigenvalue weighted by Gasteiger charge is -2.17. The normalized spacial score (nSPS) is 20.6. The fourth-order valence-corrected chi connectivity index (χ4v) is 2.37. The molecule has 82 valence electrons. The van der Waals surface area contributed by atoms with Crippen molar-refractivity contribution >= 4 is 0 Å². The van der Waals surface area contributed by atoms with Crippen molar-refractivity contribution < 1.29 is 4.74 Å². The lowest BCUT2D eigenvalue weighted by molar-refractivity contribution is 0.410. The summed E-state index contributed by atoms with van der Waals surface area (Å²) in [6.07, 6.45) is 2.54. The molecule has 0 aliphatic carbocycles. The van der Waals surface area contributed by atoms with Crippen LogP contribution in [0.1, 0.15) is 35.6 Å². The van der Waals surface area contributed by atoms with Gasteiger partial charge in [0.1, 0.15) is 5.75 Å². The maximum Gasteiger partial charge on any atom is 0.122 e. The highest BCUT2D eigenvalue weighted by Gasteiger charge is 2.19. The minimum atomic E-state index is 0.551. The maximum atomic E-state index is 5.32. The molecule has 1 aliphatic rings. The Hall–Kier alpha value is -1.02. The molecule has 1 atom stereocenters. The first kappa shape index (κ1) is 10.5. The predicted molar refractivity (Wildman–Crippen MR) is 62.4 cm³/mol. The lowest BCUT2D eigenvalue weighted by atomic mass is 9.96. The third-order valence-corrected chi connectivity index (χ3v) is 3.44. The summed E-state index contributed by atoms with van der Waals surface area (Å²) in [5, 5.41) is 3.54. The van der Waals surface area contributed by atoms with Crippen LogP contribution in [0, 0.1) is 13.8 Å². The number of ether oxygens (including phenoxy) is 1. The Morgan fingerprint density at radius 1 is 1.27 bits per heavy atom. The minimum absolute atomic E-state index is 0.551. The Balaban J connectivity index is 2.36. The summed E-state index contributed by atoms with van der Waals surface area (Å²) < 4.78 is 5.32. The average Bonchev–Trinajstić information content (AvgIpc) is 2.75. The number of benzene rings is 1. The number of nitrogens with one attached hydrogen (secondary N) is 1. The van der Waals surface area contributed by atoms with Crippen LogP contribution in [0.3, 0.4) is 0 Å². The molecule has 1 heterocycles. The number of hydrogen-bond donors (Lipinski definition) is 1. The summed E-state index contributed by atoms with van der Waals surface area (Å²) in [5.41, 5.74) is 4.07. The molecule has 1 N–H and O–H groups in total. The summed E-state index contributed by atoms with van der Waals surface area (Å²) in [6.45, 7) is 5.47. The molecule has 2 nitrogen and oxygen atoms in total. The van der Waals surface area contributed by atoms with E-state index in [-0.39, 0.29) is 0 Å². The molecule has 1 aromatic rings. The van der Waals surface area contributed by atoms with Crippen LogP contribution in [-0.4, -0.2) is 13.7 Å². The number of rotatable bonds is 2. The van der Waals surface area contributed by atoms with Crippen LogP contribution in [0.25, 0.3) is 0 Å². The van der Waals surface area contributed by atoms with Crippen molar-refractivity contribution in [3.05, 3.63) is 28.8 Å². The van der Waals surface area contributed by atoms with Crippen LogP contribution >= 0.6 is 0 Å². The van der Waals surface area contributed by atoms with Crippen molar-refractivity contribution in [3.63, 3.8) is 0 Å². The van der Waals surface area contributed by atoms with Crippen molar-refractivity contribution in [1.29, 1.82) is 0 Å². The van der Waals surface area contributed by atoms with Gasteiger partial charge in [-0.3, -0.25) is 0 Å². The van der Waals surface area contributed by atoms with E-state index in [4.69, 9.17) is 4.74 Å². The fraction of sp³-hybridized carbons (Fsp3) is 0.538. The third-order valence-electron chi connectivity index (χ3n) is 3.44. The second-order valence-corrected chi connectivity index (χ2v) is 4.26. The van der Waals surface area contributed by atoms with Gasteiger partial charge >= 0.3 is 0 Å². The van der Waals surface area contributed by atoms with Gasteiger partial charge in [-0.05, 0) is 56.0 Å². The van der Waals surface area contributed by atoms with E-state index in [0.29, 0.717) is 6.04 Å². The molecule has 1 unspecified atom stereocenters. The van der Waals surface area contributed by atoms with Gasteiger partial charge in [-0.1, -0.05) is 6.07 Å². The zero-order chi connectivity index (χ0) is 10.8. The molecule has 0 spiro atoms. The highest BCUT2D eigenvalue weighted by Crippen LogP contribution is 2.31. The van der Waals surface area contributed by atoms with Crippen LogP contribution in [0.4, 0.5) is 0 Å². The van der Waals surface area contributed by atoms with Gasteiger partial charge in [-0.2, -0.15) is 0 Å². The fourth-order valence-electron chi connectivity index (χ4n) is 2.37. The van der Waals surface area contributed by atoms with E-state index >= 15 is 0 Å². The Labute approximate surface area is 91.6 Å². The summed E-state index contributed by atoms with van der Waals surface area (Å²) in [6, 6.07) is 4.83. The van der Waals surface area contributed by atoms with E-state index < -0.39 is 0 Å². The van der Waals surface area contributed by atoms with Gasteiger partial charge < -0.3 is 10.1 Å². The molecule has 1 aliphatic heterocycles. The molecule has 0 bridgehead atoms. The van der Waals surface area contributed by atoms with Crippen LogP contribution < -0.4 is 10.1 Å². The van der Waals surface area contributed by atoms with E-state index in [1.165, 1.54) is 29.5 Å². The molecule has 0 saturated carbocycles. The third kappa shape index (κ3) is 1.86. The molecular weight excluding hydrogens is 186 g/mol. The smallest absolute Gasteiger partial charge is 0.122 e. The molecule has 1 saturated heterocycles. The molecule has 2 heteroatoms. The molecule has 2 rings (SSSR count). The van der Waals surface area contributed by atoms with Gasteiger partial charge in [0.05, 0.1) is 7.11 Å². The average molecular weight is 205 g/mol. The van der Waals surface area contributed by atoms with Crippen molar-refractivity contribution in [1.82, 2.24) is 5.32 Å². The second kappa shape index (κ2) is 4.23. The Bertz CT molecular complexity index is 354. The van der Waals surface area contributed by atoms with Gasteiger partial charge in [-0.25, -0.2) is 0 Å². The summed E-state index contributed by atoms with van der Waals surface area (Å²) in [7, 11) is 1.73. The topological polar surface area (TPSA) is 21.3 Å². The minimum Gasteiger partial charge on any atom is -0.496 e. The van der Waals surface area contributed by atoms with Crippen molar-refractivity contribution in [3.8, 4) is 5.75 Å². The van der Waals surface area contributed by atoms with Crippen LogP contribution in [0.15, 0.2) is 12.1 Å². The monoisotopic (exact) mass is 205 g/mol. The zero-order valence-corrected chi connectivity index (χ0v) is 9.76. The summed E-state index contributed by atoms with van der Waals surface area (Å²) in [4.78, 5) is 0. The standard InChI is InChI=1S/C13H19NO/c1-9-10(2)13(15-3)7-6-11(9)12-5-4-8-14-12/h6-7,12,14H,4-5,8H2,1-3H3. The van der Waals surface area contributed by atoms with Gasteiger partial charge in [0.2, 0.25) is 0 Å². The van der Waals surface area contributed by atoms with Crippen LogP contribution in [0.5, 0.6) is 5.75 Å². The first-order valence-corrected chi connectivity index (χ1v) is 5.61. The van der Waals surface area contributed by atoms with Crippen molar-refractivity contribution in [2.45, 2.75) is 32.7 Å². The summed E-state index contributed by atoms with van der Waals surface area (Å²) >= 11 is 0. The highest BCUT2D eigenvalue weighted by molar-refractivity contribution is 5.44. The van der Waals surface area contributed by atoms with Gasteiger partial charge in [0, 0.05) is 6.04 Å². The Morgan fingerprint density at radius 3 is 2.67 bits per heavy atom. The molecule has 1 fully saturated rings. The molecule has 0 radical (unpaired) electrons. The Kier molecular flexibility index (Phi) is 2.96. The maximum absolute atomic E-state index is 5.32. The first-order valence-electron chi connectivity index (χ1n) is 5.61. The van der Waals surface area contributed by atoms with Crippen molar-refractivity contribution in [2.24, 2.45) is 0 Å². The van der Waals surface area contributed by atoms with Gasteiger partial charge in [-0.15, -0.1) is 0 Å². The number of methoxy groups -OCH3 is 1. The quantitative estimate of drug-likeness (QED) is 0.801. The molecule has 0 aromatic heterocycles. The van der Waals surface area contributed by atoms with Gasteiger partial charge in [0.25, 0.3) is 0 Å². The molecular formula is C13H19NO. The zero-order valence-electron chi connectivity index (χ0n) is 9.76. The molecule has 0 amide bonds. The van der Waals surface area contributed by atoms with Crippen LogP contribution in [-0.2, 0) is 0 Å². The molecule has 1 aromatic carbocycles. The summed E-state index contributed by atoms with van der Waals surface area (Å²) in [5.74, 6) is 0.995. The first-order chi connectivity index (χ1) is 7.24.